The molecule has 0 spiro atoms. The van der Waals surface area contributed by atoms with E-state index in [0.29, 0.717) is 25.3 Å². The molecule has 0 saturated carbocycles. The number of benzene rings is 1. The van der Waals surface area contributed by atoms with Crippen molar-refractivity contribution in [2.45, 2.75) is 19.3 Å². The highest BCUT2D eigenvalue weighted by atomic mass is 16.6. The first-order valence-electron chi connectivity index (χ1n) is 6.59. The number of anilines is 1. The lowest BCUT2D eigenvalue weighted by Crippen LogP contribution is -2.26. The van der Waals surface area contributed by atoms with Crippen LogP contribution in [0.2, 0.25) is 0 Å². The van der Waals surface area contributed by atoms with Crippen molar-refractivity contribution in [2.24, 2.45) is 5.73 Å². The molecule has 0 heterocycles. The number of carbonyl (C=O) groups excluding carboxylic acids is 1. The van der Waals surface area contributed by atoms with Gasteiger partial charge in [0, 0.05) is 25.6 Å². The van der Waals surface area contributed by atoms with Crippen LogP contribution in [0.15, 0.2) is 24.3 Å². The van der Waals surface area contributed by atoms with Crippen LogP contribution in [0.3, 0.4) is 0 Å². The monoisotopic (exact) mass is 280 g/mol. The van der Waals surface area contributed by atoms with Gasteiger partial charge in [-0.2, -0.15) is 0 Å². The number of nitrogens with zero attached hydrogens (tertiary/aromatic N) is 1. The average Bonchev–Trinajstić information content (AvgIpc) is 2.44. The molecule has 1 amide bonds. The van der Waals surface area contributed by atoms with Crippen molar-refractivity contribution in [2.75, 3.05) is 25.0 Å². The van der Waals surface area contributed by atoms with Crippen molar-refractivity contribution in [3.05, 3.63) is 34.4 Å². The summed E-state index contributed by atoms with van der Waals surface area (Å²) >= 11 is 0. The standard InChI is InChI=1S/C13H20N4O3/c14-8-3-4-9-16-13(18)7-10-15-11-5-1-2-6-12(11)17(19)20/h1-2,5-6,15H,3-4,7-10,14H2,(H,16,18). The van der Waals surface area contributed by atoms with Crippen LogP contribution in [0.4, 0.5) is 11.4 Å². The van der Waals surface area contributed by atoms with Crippen LogP contribution in [0.25, 0.3) is 0 Å². The zero-order chi connectivity index (χ0) is 14.8. The van der Waals surface area contributed by atoms with E-state index < -0.39 is 4.92 Å². The highest BCUT2D eigenvalue weighted by Gasteiger charge is 2.11. The summed E-state index contributed by atoms with van der Waals surface area (Å²) in [5.41, 5.74) is 5.79. The maximum Gasteiger partial charge on any atom is 0.292 e. The Morgan fingerprint density at radius 3 is 2.70 bits per heavy atom. The summed E-state index contributed by atoms with van der Waals surface area (Å²) in [5.74, 6) is -0.0758. The number of amides is 1. The molecule has 0 atom stereocenters. The second-order valence-electron chi connectivity index (χ2n) is 4.30. The Labute approximate surface area is 117 Å². The first-order chi connectivity index (χ1) is 9.65. The lowest BCUT2D eigenvalue weighted by Gasteiger charge is -2.07. The molecule has 0 bridgehead atoms. The quantitative estimate of drug-likeness (QED) is 0.358. The molecule has 0 aliphatic rings. The molecule has 0 radical (unpaired) electrons. The van der Waals surface area contributed by atoms with E-state index in [2.05, 4.69) is 10.6 Å². The lowest BCUT2D eigenvalue weighted by molar-refractivity contribution is -0.384. The Morgan fingerprint density at radius 2 is 2.00 bits per heavy atom. The van der Waals surface area contributed by atoms with Gasteiger partial charge in [0.05, 0.1) is 4.92 Å². The molecule has 0 aliphatic heterocycles. The van der Waals surface area contributed by atoms with Crippen molar-refractivity contribution >= 4 is 17.3 Å². The molecule has 1 rings (SSSR count). The molecule has 4 N–H and O–H groups in total. The fourth-order valence-corrected chi connectivity index (χ4v) is 1.68. The van der Waals surface area contributed by atoms with E-state index in [1.54, 1.807) is 18.2 Å². The van der Waals surface area contributed by atoms with E-state index in [0.717, 1.165) is 12.8 Å². The number of carbonyl (C=O) groups is 1. The summed E-state index contributed by atoms with van der Waals surface area (Å²) in [6.07, 6.45) is 2.02. The Bertz CT molecular complexity index is 451. The maximum absolute atomic E-state index is 11.5. The molecule has 20 heavy (non-hydrogen) atoms. The van der Waals surface area contributed by atoms with Crippen molar-refractivity contribution in [3.63, 3.8) is 0 Å². The number of nitrogens with one attached hydrogen (secondary N) is 2. The Hall–Kier alpha value is -2.15. The van der Waals surface area contributed by atoms with E-state index in [9.17, 15) is 14.9 Å². The van der Waals surface area contributed by atoms with Crippen LogP contribution in [0, 0.1) is 10.1 Å². The molecule has 0 aliphatic carbocycles. The Balaban J connectivity index is 2.30. The van der Waals surface area contributed by atoms with Crippen LogP contribution in [-0.2, 0) is 4.79 Å². The van der Waals surface area contributed by atoms with Gasteiger partial charge >= 0.3 is 0 Å². The zero-order valence-corrected chi connectivity index (χ0v) is 11.3. The zero-order valence-electron chi connectivity index (χ0n) is 11.3. The van der Waals surface area contributed by atoms with Crippen molar-refractivity contribution in [1.82, 2.24) is 5.32 Å². The third-order valence-corrected chi connectivity index (χ3v) is 2.72. The molecule has 1 aromatic carbocycles. The van der Waals surface area contributed by atoms with Gasteiger partial charge in [-0.05, 0) is 25.5 Å². The second-order valence-corrected chi connectivity index (χ2v) is 4.30. The fourth-order valence-electron chi connectivity index (χ4n) is 1.68. The molecule has 0 aromatic heterocycles. The predicted molar refractivity (Wildman–Crippen MR) is 77.5 cm³/mol. The van der Waals surface area contributed by atoms with Gasteiger partial charge in [-0.3, -0.25) is 14.9 Å². The summed E-state index contributed by atoms with van der Waals surface area (Å²) in [6.45, 7) is 1.59. The van der Waals surface area contributed by atoms with Crippen LogP contribution in [0.5, 0.6) is 0 Å². The SMILES string of the molecule is NCCCCNC(=O)CCNc1ccccc1[N+](=O)[O-]. The number of hydrogen-bond acceptors (Lipinski definition) is 5. The van der Waals surface area contributed by atoms with Gasteiger partial charge < -0.3 is 16.4 Å². The Morgan fingerprint density at radius 1 is 1.25 bits per heavy atom. The van der Waals surface area contributed by atoms with Crippen molar-refractivity contribution in [1.29, 1.82) is 0 Å². The molecule has 1 aromatic rings. The van der Waals surface area contributed by atoms with E-state index in [1.165, 1.54) is 6.07 Å². The van der Waals surface area contributed by atoms with E-state index >= 15 is 0 Å². The first kappa shape index (κ1) is 15.9. The smallest absolute Gasteiger partial charge is 0.292 e. The number of hydrogen-bond donors (Lipinski definition) is 3. The van der Waals surface area contributed by atoms with E-state index in [-0.39, 0.29) is 18.0 Å². The summed E-state index contributed by atoms with van der Waals surface area (Å²) in [5, 5.41) is 16.5. The van der Waals surface area contributed by atoms with Crippen LogP contribution < -0.4 is 16.4 Å². The third-order valence-electron chi connectivity index (χ3n) is 2.72. The molecule has 0 unspecified atom stereocenters. The minimum Gasteiger partial charge on any atom is -0.379 e. The molecule has 7 heteroatoms. The molecule has 0 saturated heterocycles. The van der Waals surface area contributed by atoms with Gasteiger partial charge in [0.1, 0.15) is 5.69 Å². The van der Waals surface area contributed by atoms with Gasteiger partial charge in [-0.25, -0.2) is 0 Å². The van der Waals surface area contributed by atoms with Gasteiger partial charge in [-0.1, -0.05) is 12.1 Å². The summed E-state index contributed by atoms with van der Waals surface area (Å²) in [4.78, 5) is 21.8. The van der Waals surface area contributed by atoms with Gasteiger partial charge in [0.15, 0.2) is 0 Å². The first-order valence-corrected chi connectivity index (χ1v) is 6.59. The number of nitro benzene ring substituents is 1. The van der Waals surface area contributed by atoms with Crippen LogP contribution >= 0.6 is 0 Å². The number of unbranched alkanes of at least 4 members (excludes halogenated alkanes) is 1. The molecule has 7 nitrogen and oxygen atoms in total. The summed E-state index contributed by atoms with van der Waals surface area (Å²) < 4.78 is 0. The average molecular weight is 280 g/mol. The van der Waals surface area contributed by atoms with Crippen molar-refractivity contribution in [3.8, 4) is 0 Å². The predicted octanol–water partition coefficient (Wildman–Crippen LogP) is 1.25. The number of nitro groups is 1. The third kappa shape index (κ3) is 5.66. The minimum atomic E-state index is -0.449. The summed E-state index contributed by atoms with van der Waals surface area (Å²) in [6, 6.07) is 6.36. The minimum absolute atomic E-state index is 0.0100. The largest absolute Gasteiger partial charge is 0.379 e. The molecular formula is C13H20N4O3. The number of rotatable bonds is 9. The maximum atomic E-state index is 11.5. The summed E-state index contributed by atoms with van der Waals surface area (Å²) in [7, 11) is 0. The topological polar surface area (TPSA) is 110 Å². The Kier molecular flexibility index (Phi) is 7.05. The normalized spacial score (nSPS) is 10.1. The molecular weight excluding hydrogens is 260 g/mol. The lowest BCUT2D eigenvalue weighted by atomic mass is 10.2. The van der Waals surface area contributed by atoms with Crippen LogP contribution in [-0.4, -0.2) is 30.5 Å². The van der Waals surface area contributed by atoms with E-state index in [1.807, 2.05) is 0 Å². The molecule has 110 valence electrons. The second kappa shape index (κ2) is 8.87. The highest BCUT2D eigenvalue weighted by Crippen LogP contribution is 2.22. The van der Waals surface area contributed by atoms with Gasteiger partial charge in [0.2, 0.25) is 5.91 Å². The van der Waals surface area contributed by atoms with E-state index in [4.69, 9.17) is 5.73 Å². The molecule has 0 fully saturated rings. The number of nitrogens with two attached hydrogens (primary N) is 1. The van der Waals surface area contributed by atoms with Gasteiger partial charge in [0.25, 0.3) is 5.69 Å². The highest BCUT2D eigenvalue weighted by molar-refractivity contribution is 5.76. The fraction of sp³-hybridized carbons (Fsp3) is 0.462. The van der Waals surface area contributed by atoms with Gasteiger partial charge in [-0.15, -0.1) is 0 Å². The van der Waals surface area contributed by atoms with Crippen molar-refractivity contribution < 1.29 is 9.72 Å². The van der Waals surface area contributed by atoms with Crippen LogP contribution in [0.1, 0.15) is 19.3 Å². The number of para-hydroxylation sites is 2.